The zero-order valence-electron chi connectivity index (χ0n) is 16.7. The number of carbonyl (C=O) groups is 1. The second kappa shape index (κ2) is 10.0. The van der Waals surface area contributed by atoms with E-state index < -0.39 is 5.25 Å². The molecule has 3 aromatic rings. The number of rotatable bonds is 8. The molecule has 3 rings (SSSR count). The van der Waals surface area contributed by atoms with Crippen molar-refractivity contribution in [3.63, 3.8) is 0 Å². The molecule has 0 spiro atoms. The zero-order valence-corrected chi connectivity index (χ0v) is 19.1. The smallest absolute Gasteiger partial charge is 0.233 e. The number of thioether (sulfide) groups is 1. The zero-order chi connectivity index (χ0) is 21.7. The molecule has 30 heavy (non-hydrogen) atoms. The third-order valence-electron chi connectivity index (χ3n) is 4.51. The van der Waals surface area contributed by atoms with Gasteiger partial charge in [-0.3, -0.25) is 9.36 Å². The van der Waals surface area contributed by atoms with Crippen molar-refractivity contribution in [1.82, 2.24) is 20.1 Å². The van der Waals surface area contributed by atoms with Crippen LogP contribution >= 0.6 is 27.7 Å². The molecule has 0 radical (unpaired) electrons. The van der Waals surface area contributed by atoms with Gasteiger partial charge >= 0.3 is 0 Å². The molecule has 2 aromatic carbocycles. The lowest BCUT2D eigenvalue weighted by Crippen LogP contribution is -2.33. The van der Waals surface area contributed by atoms with E-state index >= 15 is 0 Å². The number of hydrogen-bond donors (Lipinski definition) is 1. The molecular weight excluding hydrogens is 467 g/mol. The number of nitrogens with one attached hydrogen (secondary N) is 1. The number of amides is 1. The van der Waals surface area contributed by atoms with Crippen LogP contribution in [-0.4, -0.2) is 25.9 Å². The first kappa shape index (κ1) is 22.2. The molecule has 5 nitrogen and oxygen atoms in total. The van der Waals surface area contributed by atoms with Crippen molar-refractivity contribution in [2.24, 2.45) is 0 Å². The molecular formula is C22H22BrFN4OS. The first-order valence-corrected chi connectivity index (χ1v) is 11.1. The maximum atomic E-state index is 13.1. The first-order chi connectivity index (χ1) is 14.4. The number of carbonyl (C=O) groups excluding carboxylic acids is 1. The third kappa shape index (κ3) is 5.37. The molecule has 0 saturated carbocycles. The van der Waals surface area contributed by atoms with Crippen LogP contribution in [0.15, 0.2) is 70.8 Å². The maximum absolute atomic E-state index is 13.1. The Bertz CT molecular complexity index is 1020. The monoisotopic (exact) mass is 488 g/mol. The molecule has 1 amide bonds. The summed E-state index contributed by atoms with van der Waals surface area (Å²) in [6.45, 7) is 8.04. The van der Waals surface area contributed by atoms with Crippen LogP contribution in [0.1, 0.15) is 25.5 Å². The summed E-state index contributed by atoms with van der Waals surface area (Å²) in [6.07, 6.45) is 1.77. The van der Waals surface area contributed by atoms with Crippen molar-refractivity contribution in [2.75, 3.05) is 0 Å². The first-order valence-electron chi connectivity index (χ1n) is 9.41. The largest absolute Gasteiger partial charge is 0.349 e. The van der Waals surface area contributed by atoms with E-state index in [1.807, 2.05) is 42.7 Å². The highest BCUT2D eigenvalue weighted by Gasteiger charge is 2.22. The molecule has 8 heteroatoms. The van der Waals surface area contributed by atoms with Crippen LogP contribution in [0.4, 0.5) is 4.39 Å². The second-order valence-corrected chi connectivity index (χ2v) is 8.98. The van der Waals surface area contributed by atoms with Gasteiger partial charge in [-0.1, -0.05) is 58.0 Å². The van der Waals surface area contributed by atoms with Gasteiger partial charge in [0.15, 0.2) is 11.0 Å². The Morgan fingerprint density at radius 2 is 1.87 bits per heavy atom. The molecule has 2 atom stereocenters. The van der Waals surface area contributed by atoms with E-state index in [9.17, 15) is 9.18 Å². The van der Waals surface area contributed by atoms with Crippen molar-refractivity contribution < 1.29 is 9.18 Å². The van der Waals surface area contributed by atoms with E-state index in [4.69, 9.17) is 0 Å². The predicted octanol–water partition coefficient (Wildman–Crippen LogP) is 5.39. The van der Waals surface area contributed by atoms with Gasteiger partial charge in [0.2, 0.25) is 5.91 Å². The standard InChI is InChI=1S/C22H22BrFN4OS/c1-4-13-28-20(17-5-9-18(23)10-6-17)26-27-22(28)30-15(3)21(29)25-14(2)16-7-11-19(24)12-8-16/h4-12,14-15H,1,13H2,2-3H3,(H,25,29). The lowest BCUT2D eigenvalue weighted by molar-refractivity contribution is -0.120. The van der Waals surface area contributed by atoms with Crippen LogP contribution in [0.25, 0.3) is 11.4 Å². The van der Waals surface area contributed by atoms with Crippen LogP contribution in [0.3, 0.4) is 0 Å². The molecule has 0 aliphatic carbocycles. The molecule has 0 saturated heterocycles. The number of nitrogens with zero attached hydrogens (tertiary/aromatic N) is 3. The van der Waals surface area contributed by atoms with Crippen LogP contribution in [0, 0.1) is 5.82 Å². The summed E-state index contributed by atoms with van der Waals surface area (Å²) in [7, 11) is 0. The summed E-state index contributed by atoms with van der Waals surface area (Å²) in [5.41, 5.74) is 1.77. The lowest BCUT2D eigenvalue weighted by Gasteiger charge is -2.18. The molecule has 2 unspecified atom stereocenters. The number of aromatic nitrogens is 3. The van der Waals surface area contributed by atoms with Gasteiger partial charge in [0.25, 0.3) is 0 Å². The van der Waals surface area contributed by atoms with Crippen molar-refractivity contribution in [3.05, 3.63) is 77.0 Å². The van der Waals surface area contributed by atoms with Crippen LogP contribution in [0.5, 0.6) is 0 Å². The van der Waals surface area contributed by atoms with E-state index in [0.717, 1.165) is 21.4 Å². The Morgan fingerprint density at radius 3 is 2.50 bits per heavy atom. The average molecular weight is 489 g/mol. The fourth-order valence-electron chi connectivity index (χ4n) is 2.86. The Balaban J connectivity index is 1.73. The summed E-state index contributed by atoms with van der Waals surface area (Å²) < 4.78 is 16.0. The summed E-state index contributed by atoms with van der Waals surface area (Å²) >= 11 is 4.77. The van der Waals surface area contributed by atoms with Gasteiger partial charge in [-0.2, -0.15) is 0 Å². The van der Waals surface area contributed by atoms with Gasteiger partial charge in [0, 0.05) is 16.6 Å². The topological polar surface area (TPSA) is 59.8 Å². The fraction of sp³-hybridized carbons (Fsp3) is 0.227. The molecule has 0 aliphatic rings. The van der Waals surface area contributed by atoms with Crippen molar-refractivity contribution in [3.8, 4) is 11.4 Å². The molecule has 0 aliphatic heterocycles. The van der Waals surface area contributed by atoms with E-state index in [1.54, 1.807) is 18.2 Å². The minimum absolute atomic E-state index is 0.129. The Morgan fingerprint density at radius 1 is 1.20 bits per heavy atom. The average Bonchev–Trinajstić information content (AvgIpc) is 3.11. The SMILES string of the molecule is C=CCn1c(SC(C)C(=O)NC(C)c2ccc(F)cc2)nnc1-c1ccc(Br)cc1. The minimum Gasteiger partial charge on any atom is -0.349 e. The minimum atomic E-state index is -0.390. The van der Waals surface area contributed by atoms with Crippen molar-refractivity contribution in [2.45, 2.75) is 36.8 Å². The normalized spacial score (nSPS) is 12.9. The number of benzene rings is 2. The maximum Gasteiger partial charge on any atom is 0.233 e. The van der Waals surface area contributed by atoms with Crippen LogP contribution in [0.2, 0.25) is 0 Å². The quantitative estimate of drug-likeness (QED) is 0.341. The van der Waals surface area contributed by atoms with Gasteiger partial charge in [-0.15, -0.1) is 16.8 Å². The lowest BCUT2D eigenvalue weighted by atomic mass is 10.1. The number of allylic oxidation sites excluding steroid dienone is 1. The number of hydrogen-bond acceptors (Lipinski definition) is 4. The molecule has 1 N–H and O–H groups in total. The molecule has 0 bridgehead atoms. The highest BCUT2D eigenvalue weighted by molar-refractivity contribution is 9.10. The third-order valence-corrected chi connectivity index (χ3v) is 6.12. The van der Waals surface area contributed by atoms with Gasteiger partial charge in [0.1, 0.15) is 5.82 Å². The van der Waals surface area contributed by atoms with Gasteiger partial charge in [-0.25, -0.2) is 4.39 Å². The summed E-state index contributed by atoms with van der Waals surface area (Å²) in [5.74, 6) is 0.289. The van der Waals surface area contributed by atoms with E-state index in [-0.39, 0.29) is 17.8 Å². The molecule has 0 fully saturated rings. The molecule has 156 valence electrons. The van der Waals surface area contributed by atoms with Crippen LogP contribution < -0.4 is 5.32 Å². The Labute approximate surface area is 187 Å². The number of halogens is 2. The Hall–Kier alpha value is -2.45. The van der Waals surface area contributed by atoms with E-state index in [0.29, 0.717) is 11.7 Å². The Kier molecular flexibility index (Phi) is 7.44. The van der Waals surface area contributed by atoms with Crippen molar-refractivity contribution in [1.29, 1.82) is 0 Å². The van der Waals surface area contributed by atoms with E-state index in [1.165, 1.54) is 23.9 Å². The summed E-state index contributed by atoms with van der Waals surface area (Å²) in [5, 5.41) is 11.8. The fourth-order valence-corrected chi connectivity index (χ4v) is 3.99. The van der Waals surface area contributed by atoms with Crippen molar-refractivity contribution >= 4 is 33.6 Å². The van der Waals surface area contributed by atoms with Gasteiger partial charge in [-0.05, 0) is 43.7 Å². The summed E-state index contributed by atoms with van der Waals surface area (Å²) in [6, 6.07) is 13.7. The second-order valence-electron chi connectivity index (χ2n) is 6.75. The highest BCUT2D eigenvalue weighted by Crippen LogP contribution is 2.28. The van der Waals surface area contributed by atoms with Crippen LogP contribution in [-0.2, 0) is 11.3 Å². The predicted molar refractivity (Wildman–Crippen MR) is 122 cm³/mol. The van der Waals surface area contributed by atoms with E-state index in [2.05, 4.69) is 38.0 Å². The molecule has 1 aromatic heterocycles. The highest BCUT2D eigenvalue weighted by atomic mass is 79.9. The molecule has 1 heterocycles. The van der Waals surface area contributed by atoms with Gasteiger partial charge in [0.05, 0.1) is 11.3 Å². The van der Waals surface area contributed by atoms with Gasteiger partial charge < -0.3 is 5.32 Å². The summed E-state index contributed by atoms with van der Waals surface area (Å²) in [4.78, 5) is 12.7.